The van der Waals surface area contributed by atoms with E-state index in [4.69, 9.17) is 0 Å². The lowest BCUT2D eigenvalue weighted by molar-refractivity contribution is 0.952. The molecule has 18 heavy (non-hydrogen) atoms. The van der Waals surface area contributed by atoms with Gasteiger partial charge in [-0.3, -0.25) is 0 Å². The van der Waals surface area contributed by atoms with E-state index in [9.17, 15) is 0 Å². The lowest BCUT2D eigenvalue weighted by Crippen LogP contribution is -1.91. The molecule has 1 aliphatic rings. The smallest absolute Gasteiger partial charge is 0.0530 e. The second-order valence-electron chi connectivity index (χ2n) is 5.15. The van der Waals surface area contributed by atoms with Gasteiger partial charge >= 0.3 is 0 Å². The molecule has 1 heteroatoms. The largest absolute Gasteiger partial charge is 0.343 e. The summed E-state index contributed by atoms with van der Waals surface area (Å²) in [5, 5.41) is 1.40. The highest BCUT2D eigenvalue weighted by molar-refractivity contribution is 5.96. The van der Waals surface area contributed by atoms with Crippen LogP contribution in [0, 0.1) is 0 Å². The average Bonchev–Trinajstić information content (AvgIpc) is 2.87. The average molecular weight is 233 g/mol. The summed E-state index contributed by atoms with van der Waals surface area (Å²) in [5.41, 5.74) is 7.10. The van der Waals surface area contributed by atoms with Crippen molar-refractivity contribution in [2.45, 2.75) is 12.8 Å². The summed E-state index contributed by atoms with van der Waals surface area (Å²) < 4.78 is 2.34. The van der Waals surface area contributed by atoms with Crippen molar-refractivity contribution < 1.29 is 0 Å². The van der Waals surface area contributed by atoms with Crippen LogP contribution in [-0.4, -0.2) is 4.57 Å². The number of nitrogens with zero attached hydrogens (tertiary/aromatic N) is 1. The van der Waals surface area contributed by atoms with Gasteiger partial charge in [0.25, 0.3) is 0 Å². The van der Waals surface area contributed by atoms with Crippen molar-refractivity contribution >= 4 is 10.9 Å². The molecule has 3 aromatic rings. The van der Waals surface area contributed by atoms with Gasteiger partial charge in [0.2, 0.25) is 0 Å². The zero-order valence-corrected chi connectivity index (χ0v) is 10.6. The summed E-state index contributed by atoms with van der Waals surface area (Å²) in [6.07, 6.45) is 0. The molecule has 1 unspecified atom stereocenters. The van der Waals surface area contributed by atoms with Gasteiger partial charge in [0.15, 0.2) is 0 Å². The van der Waals surface area contributed by atoms with Crippen LogP contribution in [0.15, 0.2) is 48.5 Å². The van der Waals surface area contributed by atoms with Crippen LogP contribution in [-0.2, 0) is 7.05 Å². The number of rotatable bonds is 0. The van der Waals surface area contributed by atoms with Crippen LogP contribution >= 0.6 is 0 Å². The van der Waals surface area contributed by atoms with Crippen LogP contribution in [0.4, 0.5) is 0 Å². The maximum Gasteiger partial charge on any atom is 0.0530 e. The first-order valence-corrected chi connectivity index (χ1v) is 6.45. The molecule has 1 nitrogen and oxygen atoms in total. The van der Waals surface area contributed by atoms with Crippen molar-refractivity contribution in [3.8, 4) is 11.3 Å². The number of hydrogen-bond donors (Lipinski definition) is 0. The fourth-order valence-electron chi connectivity index (χ4n) is 3.43. The Hall–Kier alpha value is -2.02. The molecule has 88 valence electrons. The number of aromatic nitrogens is 1. The van der Waals surface area contributed by atoms with Gasteiger partial charge in [-0.05, 0) is 17.2 Å². The number of benzene rings is 2. The standard InChI is InChI=1S/C17H15N/c1-11-12-7-3-4-8-13(12)17-16(11)14-9-5-6-10-15(14)18(17)2/h3-11H,1-2H3. The highest BCUT2D eigenvalue weighted by Gasteiger charge is 2.30. The Balaban J connectivity index is 2.21. The predicted octanol–water partition coefficient (Wildman–Crippen LogP) is 4.31. The van der Waals surface area contributed by atoms with E-state index < -0.39 is 0 Å². The minimum atomic E-state index is 0.502. The molecule has 1 atom stereocenters. The Morgan fingerprint density at radius 2 is 1.67 bits per heavy atom. The number of para-hydroxylation sites is 1. The summed E-state index contributed by atoms with van der Waals surface area (Å²) >= 11 is 0. The van der Waals surface area contributed by atoms with Crippen molar-refractivity contribution in [2.75, 3.05) is 0 Å². The summed E-state index contributed by atoms with van der Waals surface area (Å²) in [6.45, 7) is 2.32. The molecule has 4 rings (SSSR count). The quantitative estimate of drug-likeness (QED) is 0.545. The molecule has 2 aromatic carbocycles. The minimum Gasteiger partial charge on any atom is -0.343 e. The molecule has 0 amide bonds. The minimum absolute atomic E-state index is 0.502. The van der Waals surface area contributed by atoms with Crippen molar-refractivity contribution in [3.63, 3.8) is 0 Å². The second-order valence-corrected chi connectivity index (χ2v) is 5.15. The monoisotopic (exact) mass is 233 g/mol. The zero-order chi connectivity index (χ0) is 12.3. The van der Waals surface area contributed by atoms with E-state index in [1.165, 1.54) is 33.3 Å². The number of fused-ring (bicyclic) bond motifs is 5. The van der Waals surface area contributed by atoms with Crippen LogP contribution in [0.5, 0.6) is 0 Å². The van der Waals surface area contributed by atoms with Crippen molar-refractivity contribution in [3.05, 3.63) is 59.7 Å². The number of aryl methyl sites for hydroxylation is 1. The molecule has 0 aliphatic heterocycles. The van der Waals surface area contributed by atoms with Gasteiger partial charge < -0.3 is 4.57 Å². The third kappa shape index (κ3) is 1.02. The second kappa shape index (κ2) is 3.26. The van der Waals surface area contributed by atoms with Crippen molar-refractivity contribution in [1.29, 1.82) is 0 Å². The Morgan fingerprint density at radius 1 is 0.944 bits per heavy atom. The van der Waals surface area contributed by atoms with E-state index >= 15 is 0 Å². The van der Waals surface area contributed by atoms with Crippen LogP contribution in [0.25, 0.3) is 22.2 Å². The summed E-state index contributed by atoms with van der Waals surface area (Å²) in [5.74, 6) is 0.502. The summed E-state index contributed by atoms with van der Waals surface area (Å²) in [6, 6.07) is 17.5. The van der Waals surface area contributed by atoms with E-state index in [-0.39, 0.29) is 0 Å². The first kappa shape index (κ1) is 9.95. The van der Waals surface area contributed by atoms with E-state index in [2.05, 4.69) is 67.1 Å². The lowest BCUT2D eigenvalue weighted by Gasteiger charge is -2.07. The molecule has 0 radical (unpaired) electrons. The summed E-state index contributed by atoms with van der Waals surface area (Å²) in [4.78, 5) is 0. The molecule has 1 heterocycles. The third-order valence-corrected chi connectivity index (χ3v) is 4.26. The fourth-order valence-corrected chi connectivity index (χ4v) is 3.43. The molecule has 0 saturated carbocycles. The first-order chi connectivity index (χ1) is 8.79. The van der Waals surface area contributed by atoms with Gasteiger partial charge in [-0.25, -0.2) is 0 Å². The molecule has 0 N–H and O–H groups in total. The maximum absolute atomic E-state index is 2.34. The van der Waals surface area contributed by atoms with Crippen LogP contribution in [0.1, 0.15) is 24.0 Å². The van der Waals surface area contributed by atoms with E-state index in [1.54, 1.807) is 0 Å². The third-order valence-electron chi connectivity index (χ3n) is 4.26. The molecule has 0 saturated heterocycles. The van der Waals surface area contributed by atoms with Gasteiger partial charge in [-0.2, -0.15) is 0 Å². The molecular formula is C17H15N. The maximum atomic E-state index is 2.34. The Labute approximate surface area is 107 Å². The van der Waals surface area contributed by atoms with Gasteiger partial charge in [-0.15, -0.1) is 0 Å². The van der Waals surface area contributed by atoms with Crippen LogP contribution < -0.4 is 0 Å². The summed E-state index contributed by atoms with van der Waals surface area (Å²) in [7, 11) is 2.18. The van der Waals surface area contributed by atoms with E-state index in [0.29, 0.717) is 5.92 Å². The van der Waals surface area contributed by atoms with Crippen molar-refractivity contribution in [2.24, 2.45) is 7.05 Å². The topological polar surface area (TPSA) is 4.93 Å². The molecule has 0 fully saturated rings. The zero-order valence-electron chi connectivity index (χ0n) is 10.6. The molecule has 0 spiro atoms. The molecule has 1 aliphatic carbocycles. The molecule has 0 bridgehead atoms. The van der Waals surface area contributed by atoms with E-state index in [0.717, 1.165) is 0 Å². The highest BCUT2D eigenvalue weighted by Crippen LogP contribution is 2.48. The Morgan fingerprint density at radius 3 is 2.56 bits per heavy atom. The Bertz CT molecular complexity index is 764. The van der Waals surface area contributed by atoms with Gasteiger partial charge in [0.1, 0.15) is 0 Å². The van der Waals surface area contributed by atoms with Gasteiger partial charge in [0.05, 0.1) is 5.69 Å². The van der Waals surface area contributed by atoms with Crippen molar-refractivity contribution in [1.82, 2.24) is 4.57 Å². The Kier molecular flexibility index (Phi) is 1.80. The van der Waals surface area contributed by atoms with Crippen LogP contribution in [0.2, 0.25) is 0 Å². The SMILES string of the molecule is CC1c2ccccc2-c2c1c1ccccc1n2C. The van der Waals surface area contributed by atoms with Gasteiger partial charge in [-0.1, -0.05) is 49.4 Å². The predicted molar refractivity (Wildman–Crippen MR) is 75.9 cm³/mol. The molecule has 1 aromatic heterocycles. The fraction of sp³-hybridized carbons (Fsp3) is 0.176. The normalized spacial score (nSPS) is 16.9. The van der Waals surface area contributed by atoms with Gasteiger partial charge in [0, 0.05) is 29.4 Å². The highest BCUT2D eigenvalue weighted by atomic mass is 15.0. The van der Waals surface area contributed by atoms with E-state index in [1.807, 2.05) is 0 Å². The lowest BCUT2D eigenvalue weighted by atomic mass is 9.97. The van der Waals surface area contributed by atoms with Crippen LogP contribution in [0.3, 0.4) is 0 Å². The molecular weight excluding hydrogens is 218 g/mol. The first-order valence-electron chi connectivity index (χ1n) is 6.45. The number of hydrogen-bond acceptors (Lipinski definition) is 0.